The Morgan fingerprint density at radius 3 is 2.62 bits per heavy atom. The number of hydrogen-bond acceptors (Lipinski definition) is 9. The molecule has 0 aromatic carbocycles. The smallest absolute Gasteiger partial charge is 0.410 e. The minimum absolute atomic E-state index is 0.269. The summed E-state index contributed by atoms with van der Waals surface area (Å²) in [6.07, 6.45) is 7.55. The molecule has 0 bridgehead atoms. The van der Waals surface area contributed by atoms with Crippen molar-refractivity contribution < 1.29 is 19.1 Å². The topological polar surface area (TPSA) is 132 Å². The van der Waals surface area contributed by atoms with E-state index in [1.807, 2.05) is 19.2 Å². The predicted octanol–water partition coefficient (Wildman–Crippen LogP) is 2.74. The summed E-state index contributed by atoms with van der Waals surface area (Å²) in [6.45, 7) is 4.04. The van der Waals surface area contributed by atoms with Gasteiger partial charge in [-0.25, -0.2) is 14.8 Å². The zero-order valence-corrected chi connectivity index (χ0v) is 21.0. The van der Waals surface area contributed by atoms with Crippen molar-refractivity contribution >= 4 is 36.1 Å². The lowest BCUT2D eigenvalue weighted by molar-refractivity contribution is -0.107. The number of ether oxygens (including phenoxy) is 1. The quantitative estimate of drug-likeness (QED) is 0.589. The maximum absolute atomic E-state index is 11.7. The highest BCUT2D eigenvalue weighted by molar-refractivity contribution is 5.81. The summed E-state index contributed by atoms with van der Waals surface area (Å²) < 4.78 is 5.01. The summed E-state index contributed by atoms with van der Waals surface area (Å²) >= 11 is 0. The number of nitriles is 1. The van der Waals surface area contributed by atoms with Crippen LogP contribution in [0.4, 0.5) is 22.1 Å². The van der Waals surface area contributed by atoms with E-state index in [0.29, 0.717) is 49.5 Å². The van der Waals surface area contributed by atoms with Gasteiger partial charge in [-0.2, -0.15) is 5.26 Å². The van der Waals surface area contributed by atoms with Crippen molar-refractivity contribution in [3.05, 3.63) is 40.7 Å². The number of aromatic nitrogens is 2. The largest absolute Gasteiger partial charge is 0.449 e. The van der Waals surface area contributed by atoms with E-state index in [2.05, 4.69) is 26.3 Å². The number of anilines is 3. The van der Waals surface area contributed by atoms with Gasteiger partial charge in [0, 0.05) is 51.1 Å². The van der Waals surface area contributed by atoms with Gasteiger partial charge in [0.05, 0.1) is 24.4 Å². The number of carbonyl (C=O) groups excluding carboxylic acids is 3. The van der Waals surface area contributed by atoms with E-state index in [-0.39, 0.29) is 11.8 Å². The summed E-state index contributed by atoms with van der Waals surface area (Å²) in [7, 11) is 1.84. The van der Waals surface area contributed by atoms with Gasteiger partial charge in [0.2, 0.25) is 6.41 Å². The number of fused-ring (bicyclic) bond motifs is 1. The average molecular weight is 506 g/mol. The molecule has 2 saturated heterocycles. The second-order valence-electron chi connectivity index (χ2n) is 9.07. The first kappa shape index (κ1) is 25.9. The normalized spacial score (nSPS) is 16.6. The SMILES string of the molecule is CNc1cc(N2CCCC2)c(C#N)cn1.O=Cc1nc2c(cc1CN1CCCOC1=O)CCCN2C=O. The van der Waals surface area contributed by atoms with Crippen LogP contribution in [0.5, 0.6) is 0 Å². The molecule has 0 aliphatic carbocycles. The Labute approximate surface area is 216 Å². The Bertz CT molecular complexity index is 1190. The number of aryl methyl sites for hydroxylation is 1. The van der Waals surface area contributed by atoms with Gasteiger partial charge in [0.1, 0.15) is 23.4 Å². The molecule has 2 aromatic rings. The lowest BCUT2D eigenvalue weighted by Gasteiger charge is -2.29. The fraction of sp³-hybridized carbons (Fsp3) is 0.462. The van der Waals surface area contributed by atoms with E-state index in [9.17, 15) is 14.4 Å². The molecule has 2 aromatic heterocycles. The molecule has 3 aliphatic heterocycles. The van der Waals surface area contributed by atoms with Crippen molar-refractivity contribution in [2.45, 2.75) is 38.6 Å². The Morgan fingerprint density at radius 1 is 1.14 bits per heavy atom. The molecule has 0 atom stereocenters. The first-order valence-corrected chi connectivity index (χ1v) is 12.5. The molecule has 11 nitrogen and oxygen atoms in total. The average Bonchev–Trinajstić information content (AvgIpc) is 3.48. The zero-order valence-electron chi connectivity index (χ0n) is 21.0. The third-order valence-electron chi connectivity index (χ3n) is 6.67. The molecule has 0 radical (unpaired) electrons. The number of pyridine rings is 2. The van der Waals surface area contributed by atoms with Crippen LogP contribution < -0.4 is 15.1 Å². The number of nitrogens with zero attached hydrogens (tertiary/aromatic N) is 6. The number of amides is 2. The van der Waals surface area contributed by atoms with Crippen molar-refractivity contribution in [2.75, 3.05) is 55.0 Å². The van der Waals surface area contributed by atoms with E-state index < -0.39 is 0 Å². The van der Waals surface area contributed by atoms with Crippen molar-refractivity contribution in [3.63, 3.8) is 0 Å². The van der Waals surface area contributed by atoms with Gasteiger partial charge in [0.15, 0.2) is 6.29 Å². The number of cyclic esters (lactones) is 1. The van der Waals surface area contributed by atoms with E-state index in [0.717, 1.165) is 55.8 Å². The fourth-order valence-electron chi connectivity index (χ4n) is 4.75. The van der Waals surface area contributed by atoms with Crippen molar-refractivity contribution in [1.29, 1.82) is 5.26 Å². The highest BCUT2D eigenvalue weighted by Gasteiger charge is 2.24. The Hall–Kier alpha value is -4.20. The second-order valence-corrected chi connectivity index (χ2v) is 9.07. The van der Waals surface area contributed by atoms with Crippen LogP contribution in [-0.4, -0.2) is 73.5 Å². The number of carbonyl (C=O) groups is 3. The van der Waals surface area contributed by atoms with Crippen molar-refractivity contribution in [1.82, 2.24) is 14.9 Å². The van der Waals surface area contributed by atoms with Gasteiger partial charge >= 0.3 is 6.09 Å². The molecule has 0 spiro atoms. The summed E-state index contributed by atoms with van der Waals surface area (Å²) in [5.41, 5.74) is 3.57. The molecular weight excluding hydrogens is 474 g/mol. The number of hydrogen-bond donors (Lipinski definition) is 1. The lowest BCUT2D eigenvalue weighted by atomic mass is 10.0. The third kappa shape index (κ3) is 5.97. The Balaban J connectivity index is 0.000000186. The van der Waals surface area contributed by atoms with Gasteiger partial charge in [0.25, 0.3) is 0 Å². The minimum Gasteiger partial charge on any atom is -0.449 e. The molecule has 37 heavy (non-hydrogen) atoms. The van der Waals surface area contributed by atoms with Gasteiger partial charge in [-0.1, -0.05) is 0 Å². The molecule has 5 rings (SSSR count). The molecule has 0 unspecified atom stereocenters. The van der Waals surface area contributed by atoms with E-state index >= 15 is 0 Å². The van der Waals surface area contributed by atoms with Gasteiger partial charge in [-0.05, 0) is 43.7 Å². The molecule has 11 heteroatoms. The highest BCUT2D eigenvalue weighted by Crippen LogP contribution is 2.27. The molecule has 0 saturated carbocycles. The monoisotopic (exact) mass is 505 g/mol. The lowest BCUT2D eigenvalue weighted by Crippen LogP contribution is -2.37. The number of rotatable bonds is 6. The standard InChI is InChI=1S/C15H17N3O4.C11H14N4/c19-9-13-12(8-17-5-2-6-22-15(17)21)7-11-3-1-4-18(10-20)14(11)16-13;1-13-11-6-10(9(7-12)8-14-11)15-4-2-3-5-15/h7,9-10H,1-6,8H2;6,8H,2-5H2,1H3,(H,13,14). The molecular formula is C26H31N7O4. The summed E-state index contributed by atoms with van der Waals surface area (Å²) in [6, 6.07) is 6.02. The van der Waals surface area contributed by atoms with E-state index in [1.54, 1.807) is 11.1 Å². The van der Waals surface area contributed by atoms with Crippen LogP contribution in [0, 0.1) is 11.3 Å². The number of aldehydes is 1. The van der Waals surface area contributed by atoms with Crippen LogP contribution in [0.15, 0.2) is 18.3 Å². The molecule has 2 amide bonds. The van der Waals surface area contributed by atoms with Crippen LogP contribution >= 0.6 is 0 Å². The fourth-order valence-corrected chi connectivity index (χ4v) is 4.75. The summed E-state index contributed by atoms with van der Waals surface area (Å²) in [5.74, 6) is 1.37. The molecule has 1 N–H and O–H groups in total. The van der Waals surface area contributed by atoms with Gasteiger partial charge in [-0.15, -0.1) is 0 Å². The van der Waals surface area contributed by atoms with Gasteiger partial charge < -0.3 is 19.9 Å². The second kappa shape index (κ2) is 12.2. The van der Waals surface area contributed by atoms with Gasteiger partial charge in [-0.3, -0.25) is 14.5 Å². The Morgan fingerprint density at radius 2 is 1.95 bits per heavy atom. The third-order valence-corrected chi connectivity index (χ3v) is 6.67. The Kier molecular flexibility index (Phi) is 8.51. The first-order chi connectivity index (χ1) is 18.1. The van der Waals surface area contributed by atoms with Crippen molar-refractivity contribution in [3.8, 4) is 6.07 Å². The summed E-state index contributed by atoms with van der Waals surface area (Å²) in [4.78, 5) is 47.9. The molecule has 194 valence electrons. The maximum Gasteiger partial charge on any atom is 0.410 e. The van der Waals surface area contributed by atoms with E-state index in [1.165, 1.54) is 17.7 Å². The molecule has 3 aliphatic rings. The first-order valence-electron chi connectivity index (χ1n) is 12.5. The van der Waals surface area contributed by atoms with Crippen LogP contribution in [0.1, 0.15) is 52.9 Å². The van der Waals surface area contributed by atoms with Crippen molar-refractivity contribution in [2.24, 2.45) is 0 Å². The van der Waals surface area contributed by atoms with E-state index in [4.69, 9.17) is 10.00 Å². The molecule has 2 fully saturated rings. The van der Waals surface area contributed by atoms with Crippen LogP contribution in [0.25, 0.3) is 0 Å². The van der Waals surface area contributed by atoms with Crippen LogP contribution in [0.2, 0.25) is 0 Å². The van der Waals surface area contributed by atoms with Crippen LogP contribution in [0.3, 0.4) is 0 Å². The predicted molar refractivity (Wildman–Crippen MR) is 138 cm³/mol. The van der Waals surface area contributed by atoms with Crippen LogP contribution in [-0.2, 0) is 22.5 Å². The zero-order chi connectivity index (χ0) is 26.2. The highest BCUT2D eigenvalue weighted by atomic mass is 16.6. The molecule has 5 heterocycles. The number of nitrogens with one attached hydrogen (secondary N) is 1. The maximum atomic E-state index is 11.7. The summed E-state index contributed by atoms with van der Waals surface area (Å²) in [5, 5.41) is 12.0. The minimum atomic E-state index is -0.365.